The van der Waals surface area contributed by atoms with Gasteiger partial charge in [0, 0.05) is 11.3 Å². The van der Waals surface area contributed by atoms with Crippen LogP contribution in [0.3, 0.4) is 0 Å². The Morgan fingerprint density at radius 1 is 0.882 bits per heavy atom. The van der Waals surface area contributed by atoms with Crippen molar-refractivity contribution < 1.29 is 0 Å². The van der Waals surface area contributed by atoms with E-state index in [0.29, 0.717) is 5.71 Å². The standard InChI is InChI=1S/C16H15N/c1-13(17)16(15-10-6-3-7-11-15)12-14-8-4-2-5-9-14/h2-12,17H,1H3. The molecule has 2 aromatic carbocycles. The molecule has 1 N–H and O–H groups in total. The van der Waals surface area contributed by atoms with E-state index in [1.807, 2.05) is 67.6 Å². The zero-order valence-corrected chi connectivity index (χ0v) is 9.85. The average Bonchev–Trinajstić information content (AvgIpc) is 2.38. The SMILES string of the molecule is CC(=N)C(=Cc1ccccc1)c1ccccc1. The third kappa shape index (κ3) is 2.91. The number of nitrogens with one attached hydrogen (secondary N) is 1. The first-order valence-corrected chi connectivity index (χ1v) is 5.65. The predicted octanol–water partition coefficient (Wildman–Crippen LogP) is 4.27. The summed E-state index contributed by atoms with van der Waals surface area (Å²) in [6.45, 7) is 1.82. The van der Waals surface area contributed by atoms with Crippen molar-refractivity contribution in [1.29, 1.82) is 5.41 Å². The molecular weight excluding hydrogens is 206 g/mol. The van der Waals surface area contributed by atoms with Gasteiger partial charge in [0.2, 0.25) is 0 Å². The van der Waals surface area contributed by atoms with Crippen LogP contribution in [-0.4, -0.2) is 5.71 Å². The molecular formula is C16H15N. The summed E-state index contributed by atoms with van der Waals surface area (Å²) >= 11 is 0. The molecule has 17 heavy (non-hydrogen) atoms. The van der Waals surface area contributed by atoms with E-state index in [-0.39, 0.29) is 0 Å². The molecule has 0 amide bonds. The van der Waals surface area contributed by atoms with Crippen molar-refractivity contribution >= 4 is 17.4 Å². The van der Waals surface area contributed by atoms with Gasteiger partial charge in [-0.25, -0.2) is 0 Å². The van der Waals surface area contributed by atoms with Gasteiger partial charge in [0.25, 0.3) is 0 Å². The molecule has 0 aliphatic carbocycles. The summed E-state index contributed by atoms with van der Waals surface area (Å²) in [4.78, 5) is 0. The largest absolute Gasteiger partial charge is 0.305 e. The first-order chi connectivity index (χ1) is 8.27. The van der Waals surface area contributed by atoms with Gasteiger partial charge in [0.15, 0.2) is 0 Å². The van der Waals surface area contributed by atoms with Gasteiger partial charge in [-0.3, -0.25) is 0 Å². The lowest BCUT2D eigenvalue weighted by atomic mass is 9.99. The molecule has 0 spiro atoms. The van der Waals surface area contributed by atoms with Crippen LogP contribution in [0.2, 0.25) is 0 Å². The number of benzene rings is 2. The zero-order valence-electron chi connectivity index (χ0n) is 9.85. The Morgan fingerprint density at radius 2 is 1.41 bits per heavy atom. The highest BCUT2D eigenvalue weighted by Gasteiger charge is 2.03. The Kier molecular flexibility index (Phi) is 3.51. The van der Waals surface area contributed by atoms with E-state index in [2.05, 4.69) is 6.08 Å². The van der Waals surface area contributed by atoms with Crippen LogP contribution in [0.15, 0.2) is 60.7 Å². The van der Waals surface area contributed by atoms with Crippen LogP contribution in [0.4, 0.5) is 0 Å². The molecule has 0 aliphatic rings. The number of hydrogen-bond acceptors (Lipinski definition) is 1. The summed E-state index contributed by atoms with van der Waals surface area (Å²) in [5.41, 5.74) is 3.76. The second-order valence-corrected chi connectivity index (χ2v) is 3.96. The first kappa shape index (κ1) is 11.3. The minimum absolute atomic E-state index is 0.583. The quantitative estimate of drug-likeness (QED) is 0.591. The van der Waals surface area contributed by atoms with Crippen molar-refractivity contribution in [1.82, 2.24) is 0 Å². The molecule has 0 atom stereocenters. The third-order valence-corrected chi connectivity index (χ3v) is 2.60. The lowest BCUT2D eigenvalue weighted by Crippen LogP contribution is -1.94. The second-order valence-electron chi connectivity index (χ2n) is 3.96. The fourth-order valence-corrected chi connectivity index (χ4v) is 1.74. The van der Waals surface area contributed by atoms with Gasteiger partial charge in [-0.2, -0.15) is 0 Å². The van der Waals surface area contributed by atoms with Crippen LogP contribution in [-0.2, 0) is 0 Å². The fourth-order valence-electron chi connectivity index (χ4n) is 1.74. The number of allylic oxidation sites excluding steroid dienone is 1. The van der Waals surface area contributed by atoms with Crippen molar-refractivity contribution in [3.8, 4) is 0 Å². The summed E-state index contributed by atoms with van der Waals surface area (Å²) in [6.07, 6.45) is 2.05. The maximum absolute atomic E-state index is 7.87. The molecule has 0 saturated carbocycles. The van der Waals surface area contributed by atoms with Gasteiger partial charge >= 0.3 is 0 Å². The lowest BCUT2D eigenvalue weighted by molar-refractivity contribution is 1.49. The first-order valence-electron chi connectivity index (χ1n) is 5.65. The van der Waals surface area contributed by atoms with E-state index < -0.39 is 0 Å². The Balaban J connectivity index is 2.44. The second kappa shape index (κ2) is 5.26. The molecule has 0 heterocycles. The van der Waals surface area contributed by atoms with Crippen molar-refractivity contribution in [3.05, 3.63) is 71.8 Å². The number of hydrogen-bond donors (Lipinski definition) is 1. The van der Waals surface area contributed by atoms with Crippen LogP contribution in [0.5, 0.6) is 0 Å². The molecule has 1 nitrogen and oxygen atoms in total. The van der Waals surface area contributed by atoms with E-state index in [1.165, 1.54) is 0 Å². The van der Waals surface area contributed by atoms with Crippen LogP contribution in [0.1, 0.15) is 18.1 Å². The fraction of sp³-hybridized carbons (Fsp3) is 0.0625. The van der Waals surface area contributed by atoms with Crippen LogP contribution in [0, 0.1) is 5.41 Å². The van der Waals surface area contributed by atoms with Gasteiger partial charge in [0.05, 0.1) is 0 Å². The summed E-state index contributed by atoms with van der Waals surface area (Å²) in [5, 5.41) is 7.87. The Labute approximate surface area is 102 Å². The summed E-state index contributed by atoms with van der Waals surface area (Å²) in [6, 6.07) is 20.2. The minimum Gasteiger partial charge on any atom is -0.305 e. The van der Waals surface area contributed by atoms with Gasteiger partial charge in [-0.1, -0.05) is 60.7 Å². The van der Waals surface area contributed by atoms with Crippen molar-refractivity contribution in [3.63, 3.8) is 0 Å². The monoisotopic (exact) mass is 221 g/mol. The zero-order chi connectivity index (χ0) is 12.1. The highest BCUT2D eigenvalue weighted by Crippen LogP contribution is 2.19. The maximum atomic E-state index is 7.87. The van der Waals surface area contributed by atoms with E-state index >= 15 is 0 Å². The van der Waals surface area contributed by atoms with Gasteiger partial charge in [0.1, 0.15) is 0 Å². The predicted molar refractivity (Wildman–Crippen MR) is 74.2 cm³/mol. The maximum Gasteiger partial charge on any atom is 0.0361 e. The topological polar surface area (TPSA) is 23.9 Å². The lowest BCUT2D eigenvalue weighted by Gasteiger charge is -2.06. The van der Waals surface area contributed by atoms with E-state index in [1.54, 1.807) is 0 Å². The average molecular weight is 221 g/mol. The summed E-state index contributed by atoms with van der Waals surface area (Å²) < 4.78 is 0. The Bertz CT molecular complexity index is 524. The molecule has 2 aromatic rings. The van der Waals surface area contributed by atoms with Gasteiger partial charge in [-0.05, 0) is 24.1 Å². The molecule has 0 unspecified atom stereocenters. The molecule has 84 valence electrons. The number of rotatable bonds is 3. The molecule has 0 radical (unpaired) electrons. The van der Waals surface area contributed by atoms with Gasteiger partial charge in [-0.15, -0.1) is 0 Å². The Morgan fingerprint density at radius 3 is 1.94 bits per heavy atom. The molecule has 0 saturated heterocycles. The normalized spacial score (nSPS) is 11.2. The highest BCUT2D eigenvalue weighted by atomic mass is 14.4. The van der Waals surface area contributed by atoms with Crippen molar-refractivity contribution in [2.24, 2.45) is 0 Å². The smallest absolute Gasteiger partial charge is 0.0361 e. The highest BCUT2D eigenvalue weighted by molar-refractivity contribution is 6.25. The minimum atomic E-state index is 0.583. The van der Waals surface area contributed by atoms with Crippen LogP contribution >= 0.6 is 0 Å². The van der Waals surface area contributed by atoms with E-state index in [0.717, 1.165) is 16.7 Å². The molecule has 0 aliphatic heterocycles. The molecule has 0 aromatic heterocycles. The summed E-state index contributed by atoms with van der Waals surface area (Å²) in [7, 11) is 0. The molecule has 0 fully saturated rings. The van der Waals surface area contributed by atoms with E-state index in [9.17, 15) is 0 Å². The third-order valence-electron chi connectivity index (χ3n) is 2.60. The van der Waals surface area contributed by atoms with Gasteiger partial charge < -0.3 is 5.41 Å². The van der Waals surface area contributed by atoms with Crippen molar-refractivity contribution in [2.75, 3.05) is 0 Å². The van der Waals surface area contributed by atoms with E-state index in [4.69, 9.17) is 5.41 Å². The van der Waals surface area contributed by atoms with Crippen molar-refractivity contribution in [2.45, 2.75) is 6.92 Å². The molecule has 1 heteroatoms. The molecule has 2 rings (SSSR count). The van der Waals surface area contributed by atoms with Crippen LogP contribution < -0.4 is 0 Å². The molecule has 0 bridgehead atoms. The summed E-state index contributed by atoms with van der Waals surface area (Å²) in [5.74, 6) is 0. The van der Waals surface area contributed by atoms with Crippen LogP contribution in [0.25, 0.3) is 11.6 Å². The Hall–Kier alpha value is -2.15.